The number of hydrogen-bond donors (Lipinski definition) is 1. The Kier molecular flexibility index (Phi) is 6.23. The third kappa shape index (κ3) is 4.14. The van der Waals surface area contributed by atoms with Gasteiger partial charge >= 0.3 is 0 Å². The summed E-state index contributed by atoms with van der Waals surface area (Å²) in [4.78, 5) is 12.6. The van der Waals surface area contributed by atoms with Crippen molar-refractivity contribution in [2.75, 3.05) is 28.3 Å². The smallest absolute Gasteiger partial charge is 0.255 e. The molecule has 0 bridgehead atoms. The van der Waals surface area contributed by atoms with Crippen molar-refractivity contribution in [2.24, 2.45) is 0 Å². The Balaban J connectivity index is 2.11. The molecule has 7 nitrogen and oxygen atoms in total. The Labute approximate surface area is 153 Å². The molecule has 0 spiro atoms. The van der Waals surface area contributed by atoms with Gasteiger partial charge in [0.15, 0.2) is 11.5 Å². The fourth-order valence-electron chi connectivity index (χ4n) is 2.33. The molecule has 2 aromatic rings. The number of ether oxygens (including phenoxy) is 2. The van der Waals surface area contributed by atoms with Crippen LogP contribution in [0.15, 0.2) is 47.4 Å². The van der Waals surface area contributed by atoms with Gasteiger partial charge < -0.3 is 14.8 Å². The highest BCUT2D eigenvalue weighted by Gasteiger charge is 2.18. The van der Waals surface area contributed by atoms with Gasteiger partial charge in [-0.2, -0.15) is 0 Å². The second kappa shape index (κ2) is 8.20. The molecule has 1 N–H and O–H groups in total. The molecule has 0 aliphatic rings. The van der Waals surface area contributed by atoms with E-state index in [9.17, 15) is 13.2 Å². The van der Waals surface area contributed by atoms with E-state index in [0.29, 0.717) is 17.1 Å². The molecule has 1 amide bonds. The molecule has 0 saturated heterocycles. The van der Waals surface area contributed by atoms with E-state index < -0.39 is 10.0 Å². The second-order valence-electron chi connectivity index (χ2n) is 5.66. The van der Waals surface area contributed by atoms with E-state index in [0.717, 1.165) is 9.87 Å². The molecule has 8 heteroatoms. The lowest BCUT2D eigenvalue weighted by Crippen LogP contribution is -2.24. The summed E-state index contributed by atoms with van der Waals surface area (Å²) in [5, 5.41) is 2.79. The quantitative estimate of drug-likeness (QED) is 0.795. The molecule has 0 fully saturated rings. The first-order valence-electron chi connectivity index (χ1n) is 7.82. The zero-order valence-electron chi connectivity index (χ0n) is 15.1. The molecule has 2 rings (SSSR count). The van der Waals surface area contributed by atoms with Crippen LogP contribution < -0.4 is 14.8 Å². The predicted octanol–water partition coefficient (Wildman–Crippen LogP) is 1.88. The van der Waals surface area contributed by atoms with Crippen LogP contribution in [-0.2, 0) is 16.6 Å². The van der Waals surface area contributed by atoms with Crippen molar-refractivity contribution < 1.29 is 22.7 Å². The van der Waals surface area contributed by atoms with Crippen molar-refractivity contribution in [2.45, 2.75) is 11.4 Å². The summed E-state index contributed by atoms with van der Waals surface area (Å²) in [5.41, 5.74) is 1.14. The molecule has 0 radical (unpaired) electrons. The molecule has 0 aliphatic carbocycles. The first-order chi connectivity index (χ1) is 12.3. The highest BCUT2D eigenvalue weighted by Crippen LogP contribution is 2.30. The van der Waals surface area contributed by atoms with Crippen LogP contribution in [0.3, 0.4) is 0 Å². The summed E-state index contributed by atoms with van der Waals surface area (Å²) in [7, 11) is 2.46. The lowest BCUT2D eigenvalue weighted by atomic mass is 10.1. The van der Waals surface area contributed by atoms with E-state index in [-0.39, 0.29) is 17.3 Å². The van der Waals surface area contributed by atoms with Crippen LogP contribution in [0.1, 0.15) is 15.9 Å². The van der Waals surface area contributed by atoms with Gasteiger partial charge in [-0.1, -0.05) is 18.2 Å². The fraction of sp³-hybridized carbons (Fsp3) is 0.278. The van der Waals surface area contributed by atoms with Crippen molar-refractivity contribution >= 4 is 15.9 Å². The summed E-state index contributed by atoms with van der Waals surface area (Å²) < 4.78 is 35.7. The molecule has 0 unspecified atom stereocenters. The van der Waals surface area contributed by atoms with Gasteiger partial charge in [0.1, 0.15) is 0 Å². The van der Waals surface area contributed by atoms with Gasteiger partial charge in [0.25, 0.3) is 5.91 Å². The van der Waals surface area contributed by atoms with Crippen molar-refractivity contribution in [3.8, 4) is 11.5 Å². The van der Waals surface area contributed by atoms with Gasteiger partial charge in [-0.25, -0.2) is 12.7 Å². The highest BCUT2D eigenvalue weighted by atomic mass is 32.2. The lowest BCUT2D eigenvalue weighted by Gasteiger charge is -2.13. The molecule has 140 valence electrons. The molecular weight excluding hydrogens is 356 g/mol. The standard InChI is InChI=1S/C18H22N2O5S/c1-20(2)26(22,23)14-10-8-13(9-11-14)12-19-18(21)15-6-5-7-16(24-3)17(15)25-4/h5-11H,12H2,1-4H3,(H,19,21). The Hall–Kier alpha value is -2.58. The number of benzene rings is 2. The van der Waals surface area contributed by atoms with Crippen LogP contribution in [0.25, 0.3) is 0 Å². The third-order valence-corrected chi connectivity index (χ3v) is 5.63. The minimum atomic E-state index is -3.47. The molecule has 2 aromatic carbocycles. The Morgan fingerprint density at radius 2 is 1.69 bits per heavy atom. The first kappa shape index (κ1) is 19.7. The fourth-order valence-corrected chi connectivity index (χ4v) is 3.24. The average Bonchev–Trinajstić information content (AvgIpc) is 2.65. The molecule has 0 heterocycles. The van der Waals surface area contributed by atoms with Gasteiger partial charge in [-0.3, -0.25) is 4.79 Å². The van der Waals surface area contributed by atoms with E-state index >= 15 is 0 Å². The predicted molar refractivity (Wildman–Crippen MR) is 98.0 cm³/mol. The van der Waals surface area contributed by atoms with Crippen LogP contribution in [-0.4, -0.2) is 46.9 Å². The third-order valence-electron chi connectivity index (χ3n) is 3.80. The summed E-state index contributed by atoms with van der Waals surface area (Å²) in [6, 6.07) is 11.4. The molecular formula is C18H22N2O5S. The van der Waals surface area contributed by atoms with E-state index in [1.54, 1.807) is 30.3 Å². The summed E-state index contributed by atoms with van der Waals surface area (Å²) in [6.45, 7) is 0.251. The normalized spacial score (nSPS) is 11.3. The minimum Gasteiger partial charge on any atom is -0.493 e. The zero-order valence-corrected chi connectivity index (χ0v) is 16.0. The van der Waals surface area contributed by atoms with Gasteiger partial charge in [0.2, 0.25) is 10.0 Å². The minimum absolute atomic E-state index is 0.201. The Morgan fingerprint density at radius 1 is 1.04 bits per heavy atom. The Bertz CT molecular complexity index is 877. The van der Waals surface area contributed by atoms with E-state index in [1.807, 2.05) is 0 Å². The number of para-hydroxylation sites is 1. The summed E-state index contributed by atoms with van der Waals surface area (Å²) >= 11 is 0. The van der Waals surface area contributed by atoms with E-state index in [4.69, 9.17) is 9.47 Å². The topological polar surface area (TPSA) is 84.9 Å². The average molecular weight is 378 g/mol. The van der Waals surface area contributed by atoms with E-state index in [1.165, 1.54) is 40.4 Å². The number of sulfonamides is 1. The monoisotopic (exact) mass is 378 g/mol. The number of carbonyl (C=O) groups excluding carboxylic acids is 1. The van der Waals surface area contributed by atoms with Crippen LogP contribution in [0.5, 0.6) is 11.5 Å². The second-order valence-corrected chi connectivity index (χ2v) is 7.81. The largest absolute Gasteiger partial charge is 0.493 e. The number of nitrogens with zero attached hydrogens (tertiary/aromatic N) is 1. The Morgan fingerprint density at radius 3 is 2.23 bits per heavy atom. The first-order valence-corrected chi connectivity index (χ1v) is 9.26. The molecule has 0 aromatic heterocycles. The van der Waals surface area contributed by atoms with Crippen LogP contribution >= 0.6 is 0 Å². The van der Waals surface area contributed by atoms with Crippen LogP contribution in [0, 0.1) is 0 Å². The van der Waals surface area contributed by atoms with Crippen molar-refractivity contribution in [3.63, 3.8) is 0 Å². The van der Waals surface area contributed by atoms with E-state index in [2.05, 4.69) is 5.32 Å². The molecule has 26 heavy (non-hydrogen) atoms. The number of amides is 1. The SMILES string of the molecule is COc1cccc(C(=O)NCc2ccc(S(=O)(=O)N(C)C)cc2)c1OC. The summed E-state index contributed by atoms with van der Waals surface area (Å²) in [6.07, 6.45) is 0. The zero-order chi connectivity index (χ0) is 19.3. The van der Waals surface area contributed by atoms with Crippen molar-refractivity contribution in [1.82, 2.24) is 9.62 Å². The van der Waals surface area contributed by atoms with Gasteiger partial charge in [-0.05, 0) is 29.8 Å². The van der Waals surface area contributed by atoms with Gasteiger partial charge in [0.05, 0.1) is 24.7 Å². The number of nitrogens with one attached hydrogen (secondary N) is 1. The lowest BCUT2D eigenvalue weighted by molar-refractivity contribution is 0.0947. The van der Waals surface area contributed by atoms with Crippen molar-refractivity contribution in [3.05, 3.63) is 53.6 Å². The maximum atomic E-state index is 12.4. The van der Waals surface area contributed by atoms with Crippen molar-refractivity contribution in [1.29, 1.82) is 0 Å². The van der Waals surface area contributed by atoms with Crippen LogP contribution in [0.2, 0.25) is 0 Å². The highest BCUT2D eigenvalue weighted by molar-refractivity contribution is 7.89. The van der Waals surface area contributed by atoms with Gasteiger partial charge in [0, 0.05) is 20.6 Å². The molecule has 0 aliphatic heterocycles. The van der Waals surface area contributed by atoms with Gasteiger partial charge in [-0.15, -0.1) is 0 Å². The summed E-state index contributed by atoms with van der Waals surface area (Å²) in [5.74, 6) is 0.518. The maximum Gasteiger partial charge on any atom is 0.255 e. The molecule has 0 atom stereocenters. The number of methoxy groups -OCH3 is 2. The number of rotatable bonds is 7. The number of carbonyl (C=O) groups is 1. The van der Waals surface area contributed by atoms with Crippen LogP contribution in [0.4, 0.5) is 0 Å². The maximum absolute atomic E-state index is 12.4. The number of hydrogen-bond acceptors (Lipinski definition) is 5. The molecule has 0 saturated carbocycles.